The monoisotopic (exact) mass is 395 g/mol. The van der Waals surface area contributed by atoms with Crippen LogP contribution in [0.15, 0.2) is 48.5 Å². The number of anilines is 1. The molecule has 8 heteroatoms. The Labute approximate surface area is 167 Å². The standard InChI is InChI=1S/C21H21N3O5/c1-2-21(12-11-18(25)23-20(21)27)15-5-7-16(8-6-15)22-19(26)13-14-3-9-17(10-4-14)24(28)29/h3-10H,2,11-13H2,1H3,(H,22,26)(H,23,25,27). The number of amides is 3. The third-order valence-corrected chi connectivity index (χ3v) is 5.30. The molecule has 0 bridgehead atoms. The summed E-state index contributed by atoms with van der Waals surface area (Å²) in [6.07, 6.45) is 1.41. The number of nitrogens with one attached hydrogen (secondary N) is 2. The van der Waals surface area contributed by atoms with Gasteiger partial charge in [-0.05, 0) is 36.1 Å². The third kappa shape index (κ3) is 4.31. The molecule has 1 unspecified atom stereocenters. The number of piperidine rings is 1. The van der Waals surface area contributed by atoms with Crippen LogP contribution in [-0.2, 0) is 26.2 Å². The molecule has 1 aliphatic rings. The Morgan fingerprint density at radius 2 is 1.79 bits per heavy atom. The van der Waals surface area contributed by atoms with Gasteiger partial charge in [-0.1, -0.05) is 31.2 Å². The van der Waals surface area contributed by atoms with E-state index in [9.17, 15) is 24.5 Å². The smallest absolute Gasteiger partial charge is 0.269 e. The van der Waals surface area contributed by atoms with E-state index in [0.29, 0.717) is 30.5 Å². The van der Waals surface area contributed by atoms with Crippen molar-refractivity contribution in [3.63, 3.8) is 0 Å². The zero-order valence-electron chi connectivity index (χ0n) is 15.9. The molecule has 1 saturated heterocycles. The van der Waals surface area contributed by atoms with Gasteiger partial charge in [-0.15, -0.1) is 0 Å². The van der Waals surface area contributed by atoms with Gasteiger partial charge in [0, 0.05) is 24.2 Å². The van der Waals surface area contributed by atoms with E-state index in [-0.39, 0.29) is 29.8 Å². The Morgan fingerprint density at radius 3 is 2.34 bits per heavy atom. The van der Waals surface area contributed by atoms with Crippen molar-refractivity contribution in [2.24, 2.45) is 0 Å². The van der Waals surface area contributed by atoms with Crippen molar-refractivity contribution in [3.8, 4) is 0 Å². The molecule has 2 N–H and O–H groups in total. The maximum absolute atomic E-state index is 12.4. The van der Waals surface area contributed by atoms with Crippen LogP contribution >= 0.6 is 0 Å². The minimum atomic E-state index is -0.741. The van der Waals surface area contributed by atoms with Crippen LogP contribution in [0, 0.1) is 10.1 Å². The largest absolute Gasteiger partial charge is 0.326 e. The molecule has 0 aliphatic carbocycles. The van der Waals surface area contributed by atoms with E-state index in [0.717, 1.165) is 5.56 Å². The van der Waals surface area contributed by atoms with Gasteiger partial charge in [0.05, 0.1) is 16.8 Å². The Hall–Kier alpha value is -3.55. The maximum atomic E-state index is 12.4. The topological polar surface area (TPSA) is 118 Å². The minimum Gasteiger partial charge on any atom is -0.326 e. The van der Waals surface area contributed by atoms with Crippen LogP contribution in [0.3, 0.4) is 0 Å². The molecule has 1 aliphatic heterocycles. The van der Waals surface area contributed by atoms with Crippen LogP contribution in [0.4, 0.5) is 11.4 Å². The molecule has 1 fully saturated rings. The number of carbonyl (C=O) groups excluding carboxylic acids is 3. The quantitative estimate of drug-likeness (QED) is 0.443. The molecule has 8 nitrogen and oxygen atoms in total. The van der Waals surface area contributed by atoms with Crippen LogP contribution in [0.1, 0.15) is 37.3 Å². The second kappa shape index (κ2) is 8.22. The molecule has 2 aromatic rings. The molecule has 150 valence electrons. The van der Waals surface area contributed by atoms with Crippen molar-refractivity contribution in [1.29, 1.82) is 0 Å². The zero-order chi connectivity index (χ0) is 21.0. The SMILES string of the molecule is CCC1(c2ccc(NC(=O)Cc3ccc([N+](=O)[O-])cc3)cc2)CCC(=O)NC1=O. The molecule has 0 aromatic heterocycles. The van der Waals surface area contributed by atoms with Gasteiger partial charge in [0.25, 0.3) is 5.69 Å². The lowest BCUT2D eigenvalue weighted by Gasteiger charge is -2.35. The van der Waals surface area contributed by atoms with Crippen molar-refractivity contribution in [2.75, 3.05) is 5.32 Å². The van der Waals surface area contributed by atoms with Gasteiger partial charge < -0.3 is 5.32 Å². The number of nitrogens with zero attached hydrogens (tertiary/aromatic N) is 1. The Balaban J connectivity index is 1.67. The zero-order valence-corrected chi connectivity index (χ0v) is 15.9. The van der Waals surface area contributed by atoms with Crippen LogP contribution in [-0.4, -0.2) is 22.6 Å². The normalized spacial score (nSPS) is 18.8. The predicted octanol–water partition coefficient (Wildman–Crippen LogP) is 2.86. The summed E-state index contributed by atoms with van der Waals surface area (Å²) in [6.45, 7) is 1.91. The van der Waals surface area contributed by atoms with Gasteiger partial charge in [-0.3, -0.25) is 29.8 Å². The Morgan fingerprint density at radius 1 is 1.14 bits per heavy atom. The van der Waals surface area contributed by atoms with Gasteiger partial charge >= 0.3 is 0 Å². The van der Waals surface area contributed by atoms with Crippen molar-refractivity contribution in [3.05, 3.63) is 69.8 Å². The van der Waals surface area contributed by atoms with Crippen molar-refractivity contribution in [1.82, 2.24) is 5.32 Å². The summed E-state index contributed by atoms with van der Waals surface area (Å²) in [7, 11) is 0. The summed E-state index contributed by atoms with van der Waals surface area (Å²) in [6, 6.07) is 12.9. The van der Waals surface area contributed by atoms with Gasteiger partial charge in [-0.25, -0.2) is 0 Å². The lowest BCUT2D eigenvalue weighted by atomic mass is 9.72. The number of non-ortho nitro benzene ring substituents is 1. The molecule has 1 atom stereocenters. The maximum Gasteiger partial charge on any atom is 0.269 e. The molecular weight excluding hydrogens is 374 g/mol. The van der Waals surface area contributed by atoms with Crippen molar-refractivity contribution in [2.45, 2.75) is 38.0 Å². The first-order chi connectivity index (χ1) is 13.8. The number of carbonyl (C=O) groups is 3. The molecule has 0 radical (unpaired) electrons. The van der Waals surface area contributed by atoms with Gasteiger partial charge in [0.2, 0.25) is 17.7 Å². The molecule has 1 heterocycles. The highest BCUT2D eigenvalue weighted by Gasteiger charge is 2.42. The Bertz CT molecular complexity index is 953. The van der Waals surface area contributed by atoms with Crippen LogP contribution < -0.4 is 10.6 Å². The van der Waals surface area contributed by atoms with Crippen LogP contribution in [0.2, 0.25) is 0 Å². The second-order valence-electron chi connectivity index (χ2n) is 7.04. The predicted molar refractivity (Wildman–Crippen MR) is 106 cm³/mol. The number of imide groups is 1. The van der Waals surface area contributed by atoms with E-state index in [4.69, 9.17) is 0 Å². The number of nitro benzene ring substituents is 1. The summed E-state index contributed by atoms with van der Waals surface area (Å²) < 4.78 is 0. The van der Waals surface area contributed by atoms with E-state index in [1.807, 2.05) is 6.92 Å². The fourth-order valence-corrected chi connectivity index (χ4v) is 3.56. The molecular formula is C21H21N3O5. The van der Waals surface area contributed by atoms with E-state index in [1.165, 1.54) is 12.1 Å². The molecule has 3 amide bonds. The van der Waals surface area contributed by atoms with E-state index in [2.05, 4.69) is 10.6 Å². The highest BCUT2D eigenvalue weighted by Crippen LogP contribution is 2.36. The summed E-state index contributed by atoms with van der Waals surface area (Å²) in [5, 5.41) is 15.9. The minimum absolute atomic E-state index is 0.0250. The van der Waals surface area contributed by atoms with Crippen molar-refractivity contribution < 1.29 is 19.3 Å². The second-order valence-corrected chi connectivity index (χ2v) is 7.04. The summed E-state index contributed by atoms with van der Waals surface area (Å²) >= 11 is 0. The first kappa shape index (κ1) is 20.2. The summed E-state index contributed by atoms with van der Waals surface area (Å²) in [5.74, 6) is -0.793. The number of nitro groups is 1. The van der Waals surface area contributed by atoms with E-state index >= 15 is 0 Å². The molecule has 2 aromatic carbocycles. The highest BCUT2D eigenvalue weighted by molar-refractivity contribution is 6.03. The summed E-state index contributed by atoms with van der Waals surface area (Å²) in [5.41, 5.74) is 1.29. The van der Waals surface area contributed by atoms with E-state index in [1.54, 1.807) is 36.4 Å². The first-order valence-electron chi connectivity index (χ1n) is 9.32. The van der Waals surface area contributed by atoms with Gasteiger partial charge in [-0.2, -0.15) is 0 Å². The van der Waals surface area contributed by atoms with E-state index < -0.39 is 10.3 Å². The molecule has 0 spiro atoms. The lowest BCUT2D eigenvalue weighted by Crippen LogP contribution is -2.51. The Kier molecular flexibility index (Phi) is 5.72. The lowest BCUT2D eigenvalue weighted by molar-refractivity contribution is -0.384. The first-order valence-corrected chi connectivity index (χ1v) is 9.32. The molecule has 0 saturated carbocycles. The van der Waals surface area contributed by atoms with Crippen molar-refractivity contribution >= 4 is 29.1 Å². The summed E-state index contributed by atoms with van der Waals surface area (Å²) in [4.78, 5) is 46.4. The fourth-order valence-electron chi connectivity index (χ4n) is 3.56. The number of benzene rings is 2. The highest BCUT2D eigenvalue weighted by atomic mass is 16.6. The van der Waals surface area contributed by atoms with Crippen LogP contribution in [0.5, 0.6) is 0 Å². The van der Waals surface area contributed by atoms with Gasteiger partial charge in [0.15, 0.2) is 0 Å². The van der Waals surface area contributed by atoms with Gasteiger partial charge in [0.1, 0.15) is 0 Å². The molecule has 3 rings (SSSR count). The number of rotatable bonds is 6. The number of hydrogen-bond donors (Lipinski definition) is 2. The third-order valence-electron chi connectivity index (χ3n) is 5.30. The average molecular weight is 395 g/mol. The molecule has 29 heavy (non-hydrogen) atoms. The fraction of sp³-hybridized carbons (Fsp3) is 0.286. The number of hydrogen-bond acceptors (Lipinski definition) is 5. The van der Waals surface area contributed by atoms with Crippen LogP contribution in [0.25, 0.3) is 0 Å². The average Bonchev–Trinajstić information content (AvgIpc) is 2.69.